The highest BCUT2D eigenvalue weighted by molar-refractivity contribution is 5.16. The minimum atomic E-state index is 0.0335. The number of rotatable bonds is 5. The van der Waals surface area contributed by atoms with Crippen LogP contribution in [0, 0.1) is 6.92 Å². The van der Waals surface area contributed by atoms with E-state index in [0.29, 0.717) is 0 Å². The van der Waals surface area contributed by atoms with Crippen LogP contribution in [0.4, 0.5) is 0 Å². The maximum Gasteiger partial charge on any atom is 0.106 e. The minimum absolute atomic E-state index is 0.0335. The highest BCUT2D eigenvalue weighted by Gasteiger charge is 2.09. The number of hydrogen-bond acceptors (Lipinski definition) is 2. The molecular formula is C11H21N3. The van der Waals surface area contributed by atoms with E-state index >= 15 is 0 Å². The summed E-state index contributed by atoms with van der Waals surface area (Å²) in [5.74, 6) is 1.09. The summed E-state index contributed by atoms with van der Waals surface area (Å²) < 4.78 is 0. The minimum Gasteiger partial charge on any atom is -0.346 e. The molecule has 80 valence electrons. The Balaban J connectivity index is 2.57. The average molecular weight is 195 g/mol. The Morgan fingerprint density at radius 3 is 2.64 bits per heavy atom. The summed E-state index contributed by atoms with van der Waals surface area (Å²) >= 11 is 0. The molecule has 1 unspecified atom stereocenters. The number of nitrogens with zero attached hydrogens (tertiary/aromatic N) is 1. The standard InChI is InChI=1S/C11H21N3/c1-4-5-6-7-10-13-9(3)11(14-10)8(2)12/h8H,4-7,12H2,1-3H3,(H,13,14). The van der Waals surface area contributed by atoms with Gasteiger partial charge in [0.2, 0.25) is 0 Å². The van der Waals surface area contributed by atoms with Crippen molar-refractivity contribution in [2.24, 2.45) is 5.73 Å². The van der Waals surface area contributed by atoms with Crippen molar-refractivity contribution in [2.45, 2.75) is 52.5 Å². The Morgan fingerprint density at radius 2 is 2.14 bits per heavy atom. The molecule has 1 aromatic rings. The smallest absolute Gasteiger partial charge is 0.106 e. The number of aromatic amines is 1. The number of imidazole rings is 1. The van der Waals surface area contributed by atoms with Gasteiger partial charge in [0.15, 0.2) is 0 Å². The quantitative estimate of drug-likeness (QED) is 0.709. The number of nitrogens with two attached hydrogens (primary N) is 1. The molecule has 1 heterocycles. The number of hydrogen-bond donors (Lipinski definition) is 2. The van der Waals surface area contributed by atoms with Gasteiger partial charge in [-0.05, 0) is 20.3 Å². The maximum absolute atomic E-state index is 5.80. The molecule has 0 aliphatic carbocycles. The van der Waals surface area contributed by atoms with Crippen molar-refractivity contribution in [3.8, 4) is 0 Å². The van der Waals surface area contributed by atoms with Crippen LogP contribution in [0.5, 0.6) is 0 Å². The second-order valence-electron chi connectivity index (χ2n) is 3.94. The van der Waals surface area contributed by atoms with Crippen molar-refractivity contribution >= 4 is 0 Å². The lowest BCUT2D eigenvalue weighted by atomic mass is 10.2. The van der Waals surface area contributed by atoms with Crippen LogP contribution in [-0.4, -0.2) is 9.97 Å². The van der Waals surface area contributed by atoms with Crippen molar-refractivity contribution in [1.29, 1.82) is 0 Å². The van der Waals surface area contributed by atoms with Gasteiger partial charge < -0.3 is 10.7 Å². The summed E-state index contributed by atoms with van der Waals surface area (Å²) in [5, 5.41) is 0. The van der Waals surface area contributed by atoms with E-state index in [1.54, 1.807) is 0 Å². The topological polar surface area (TPSA) is 54.7 Å². The van der Waals surface area contributed by atoms with Crippen molar-refractivity contribution in [2.75, 3.05) is 0 Å². The molecule has 0 fully saturated rings. The molecule has 1 rings (SSSR count). The zero-order valence-corrected chi connectivity index (χ0v) is 9.43. The normalized spacial score (nSPS) is 13.1. The van der Waals surface area contributed by atoms with Gasteiger partial charge in [-0.1, -0.05) is 19.8 Å². The number of aromatic nitrogens is 2. The number of nitrogens with one attached hydrogen (secondary N) is 1. The van der Waals surface area contributed by atoms with Crippen LogP contribution in [0.3, 0.4) is 0 Å². The zero-order chi connectivity index (χ0) is 10.6. The van der Waals surface area contributed by atoms with Gasteiger partial charge in [-0.25, -0.2) is 4.98 Å². The molecule has 3 heteroatoms. The fraction of sp³-hybridized carbons (Fsp3) is 0.727. The summed E-state index contributed by atoms with van der Waals surface area (Å²) in [5.41, 5.74) is 7.93. The van der Waals surface area contributed by atoms with E-state index in [9.17, 15) is 0 Å². The Bertz CT molecular complexity index is 276. The fourth-order valence-electron chi connectivity index (χ4n) is 1.64. The highest BCUT2D eigenvalue weighted by Crippen LogP contribution is 2.13. The maximum atomic E-state index is 5.80. The van der Waals surface area contributed by atoms with Gasteiger partial charge in [-0.3, -0.25) is 0 Å². The molecule has 14 heavy (non-hydrogen) atoms. The molecule has 0 saturated heterocycles. The molecule has 0 aliphatic heterocycles. The van der Waals surface area contributed by atoms with Crippen LogP contribution >= 0.6 is 0 Å². The van der Waals surface area contributed by atoms with E-state index in [2.05, 4.69) is 16.9 Å². The SMILES string of the molecule is CCCCCc1nc(C(C)N)c(C)[nH]1. The van der Waals surface area contributed by atoms with Crippen LogP contribution < -0.4 is 5.73 Å². The van der Waals surface area contributed by atoms with Crippen molar-refractivity contribution in [3.05, 3.63) is 17.2 Å². The third-order valence-corrected chi connectivity index (χ3v) is 2.42. The van der Waals surface area contributed by atoms with Gasteiger partial charge in [-0.2, -0.15) is 0 Å². The van der Waals surface area contributed by atoms with E-state index in [1.165, 1.54) is 19.3 Å². The first-order chi connectivity index (χ1) is 6.65. The lowest BCUT2D eigenvalue weighted by Crippen LogP contribution is -2.06. The van der Waals surface area contributed by atoms with Crippen LogP contribution in [0.25, 0.3) is 0 Å². The third kappa shape index (κ3) is 2.84. The second-order valence-corrected chi connectivity index (χ2v) is 3.94. The molecule has 0 radical (unpaired) electrons. The molecule has 3 N–H and O–H groups in total. The molecule has 1 aromatic heterocycles. The third-order valence-electron chi connectivity index (χ3n) is 2.42. The Kier molecular flexibility index (Phi) is 4.14. The van der Waals surface area contributed by atoms with Crippen LogP contribution in [0.2, 0.25) is 0 Å². The van der Waals surface area contributed by atoms with E-state index in [4.69, 9.17) is 5.73 Å². The van der Waals surface area contributed by atoms with E-state index in [0.717, 1.165) is 23.6 Å². The molecule has 3 nitrogen and oxygen atoms in total. The predicted octanol–water partition coefficient (Wildman–Crippen LogP) is 2.47. The number of unbranched alkanes of at least 4 members (excludes halogenated alkanes) is 2. The lowest BCUT2D eigenvalue weighted by molar-refractivity contribution is 0.694. The molecule has 0 spiro atoms. The summed E-state index contributed by atoms with van der Waals surface area (Å²) in [7, 11) is 0. The lowest BCUT2D eigenvalue weighted by Gasteiger charge is -1.99. The average Bonchev–Trinajstić information content (AvgIpc) is 2.47. The van der Waals surface area contributed by atoms with Crippen molar-refractivity contribution < 1.29 is 0 Å². The monoisotopic (exact) mass is 195 g/mol. The van der Waals surface area contributed by atoms with Gasteiger partial charge in [0, 0.05) is 18.2 Å². The van der Waals surface area contributed by atoms with Gasteiger partial charge >= 0.3 is 0 Å². The fourth-order valence-corrected chi connectivity index (χ4v) is 1.64. The van der Waals surface area contributed by atoms with Crippen LogP contribution in [-0.2, 0) is 6.42 Å². The molecule has 0 bridgehead atoms. The predicted molar refractivity (Wildman–Crippen MR) is 59.2 cm³/mol. The highest BCUT2D eigenvalue weighted by atomic mass is 15.0. The molecule has 0 saturated carbocycles. The first-order valence-electron chi connectivity index (χ1n) is 5.46. The van der Waals surface area contributed by atoms with E-state index < -0.39 is 0 Å². The van der Waals surface area contributed by atoms with Gasteiger partial charge in [0.25, 0.3) is 0 Å². The molecule has 0 aliphatic rings. The van der Waals surface area contributed by atoms with Gasteiger partial charge in [0.1, 0.15) is 5.82 Å². The van der Waals surface area contributed by atoms with E-state index in [1.807, 2.05) is 13.8 Å². The summed E-state index contributed by atoms with van der Waals surface area (Å²) in [6, 6.07) is 0.0335. The van der Waals surface area contributed by atoms with Gasteiger partial charge in [0.05, 0.1) is 5.69 Å². The summed E-state index contributed by atoms with van der Waals surface area (Å²) in [4.78, 5) is 7.79. The van der Waals surface area contributed by atoms with Gasteiger partial charge in [-0.15, -0.1) is 0 Å². The van der Waals surface area contributed by atoms with Crippen LogP contribution in [0.1, 0.15) is 56.4 Å². The summed E-state index contributed by atoms with van der Waals surface area (Å²) in [6.07, 6.45) is 4.77. The largest absolute Gasteiger partial charge is 0.346 e. The Hall–Kier alpha value is -0.830. The first kappa shape index (κ1) is 11.2. The zero-order valence-electron chi connectivity index (χ0n) is 9.43. The number of H-pyrrole nitrogens is 1. The van der Waals surface area contributed by atoms with Crippen molar-refractivity contribution in [1.82, 2.24) is 9.97 Å². The number of aryl methyl sites for hydroxylation is 2. The first-order valence-corrected chi connectivity index (χ1v) is 5.46. The van der Waals surface area contributed by atoms with E-state index in [-0.39, 0.29) is 6.04 Å². The Labute approximate surface area is 86.1 Å². The summed E-state index contributed by atoms with van der Waals surface area (Å²) in [6.45, 7) is 6.22. The van der Waals surface area contributed by atoms with Crippen LogP contribution in [0.15, 0.2) is 0 Å². The molecule has 0 amide bonds. The molecule has 0 aromatic carbocycles. The molecular weight excluding hydrogens is 174 g/mol. The second kappa shape index (κ2) is 5.15. The van der Waals surface area contributed by atoms with Crippen molar-refractivity contribution in [3.63, 3.8) is 0 Å². The molecule has 1 atom stereocenters. The Morgan fingerprint density at radius 1 is 1.43 bits per heavy atom.